The maximum atomic E-state index is 13.0. The lowest BCUT2D eigenvalue weighted by atomic mass is 10.1. The van der Waals surface area contributed by atoms with E-state index in [4.69, 9.17) is 25.8 Å². The Balaban J connectivity index is 1.41. The number of carbonyl (C=O) groups excluding carboxylic acids is 1. The molecule has 0 aromatic heterocycles. The third-order valence-corrected chi connectivity index (χ3v) is 7.52. The molecule has 8 nitrogen and oxygen atoms in total. The lowest BCUT2D eigenvalue weighted by Crippen LogP contribution is -2.48. The highest BCUT2D eigenvalue weighted by molar-refractivity contribution is 7.89. The van der Waals surface area contributed by atoms with Crippen LogP contribution in [0.4, 0.5) is 5.69 Å². The van der Waals surface area contributed by atoms with E-state index in [1.54, 1.807) is 24.3 Å². The van der Waals surface area contributed by atoms with Crippen molar-refractivity contribution in [2.24, 2.45) is 0 Å². The quantitative estimate of drug-likeness (QED) is 0.684. The van der Waals surface area contributed by atoms with Gasteiger partial charge in [0, 0.05) is 25.2 Å². The minimum absolute atomic E-state index is 0.0833. The van der Waals surface area contributed by atoms with Crippen LogP contribution in [-0.4, -0.2) is 57.1 Å². The van der Waals surface area contributed by atoms with Gasteiger partial charge in [-0.1, -0.05) is 11.6 Å². The van der Waals surface area contributed by atoms with Crippen molar-refractivity contribution in [3.05, 3.63) is 47.0 Å². The summed E-state index contributed by atoms with van der Waals surface area (Å²) in [5.74, 6) is 0.773. The van der Waals surface area contributed by atoms with Gasteiger partial charge in [0.25, 0.3) is 0 Å². The van der Waals surface area contributed by atoms with E-state index in [0.717, 1.165) is 6.42 Å². The Bertz CT molecular complexity index is 1110. The van der Waals surface area contributed by atoms with Crippen LogP contribution in [0.2, 0.25) is 5.02 Å². The zero-order chi connectivity index (χ0) is 23.6. The summed E-state index contributed by atoms with van der Waals surface area (Å²) < 4.78 is 44.3. The predicted octanol–water partition coefficient (Wildman–Crippen LogP) is 3.48. The van der Waals surface area contributed by atoms with Gasteiger partial charge in [0.2, 0.25) is 15.9 Å². The summed E-state index contributed by atoms with van der Waals surface area (Å²) in [5, 5.41) is 3.19. The molecule has 178 valence electrons. The first-order valence-corrected chi connectivity index (χ1v) is 12.7. The Hall–Kier alpha value is -2.33. The molecule has 0 aliphatic carbocycles. The highest BCUT2D eigenvalue weighted by Gasteiger charge is 2.32. The first-order chi connectivity index (χ1) is 15.7. The van der Waals surface area contributed by atoms with E-state index < -0.39 is 10.0 Å². The topological polar surface area (TPSA) is 94.2 Å². The molecule has 2 aliphatic rings. The monoisotopic (exact) mass is 494 g/mol. The van der Waals surface area contributed by atoms with Crippen LogP contribution in [0.3, 0.4) is 0 Å². The number of nitrogens with zero attached hydrogens (tertiary/aromatic N) is 1. The van der Waals surface area contributed by atoms with Gasteiger partial charge in [-0.25, -0.2) is 8.42 Å². The molecule has 1 amide bonds. The number of ether oxygens (including phenoxy) is 3. The molecule has 2 atom stereocenters. The van der Waals surface area contributed by atoms with Gasteiger partial charge in [-0.05, 0) is 55.8 Å². The van der Waals surface area contributed by atoms with Crippen molar-refractivity contribution in [2.75, 3.05) is 31.6 Å². The molecular weight excluding hydrogens is 468 g/mol. The van der Waals surface area contributed by atoms with Crippen LogP contribution in [0.15, 0.2) is 41.3 Å². The molecule has 33 heavy (non-hydrogen) atoms. The summed E-state index contributed by atoms with van der Waals surface area (Å²) >= 11 is 6.30. The average molecular weight is 495 g/mol. The molecular formula is C23H27ClN2O6S. The fourth-order valence-electron chi connectivity index (χ4n) is 3.96. The third-order valence-electron chi connectivity index (χ3n) is 5.39. The fourth-order valence-corrected chi connectivity index (χ4v) is 5.84. The number of carbonyl (C=O) groups is 1. The van der Waals surface area contributed by atoms with Gasteiger partial charge in [0.15, 0.2) is 11.5 Å². The SMILES string of the molecule is C[C@H]1CN(S(=O)(=O)c2ccc(NC(=O)Cc3cc(Cl)c4c(c3)OCCCO4)cc2)C[C@H](C)O1. The summed E-state index contributed by atoms with van der Waals surface area (Å²) in [6.07, 6.45) is 0.511. The van der Waals surface area contributed by atoms with Crippen LogP contribution < -0.4 is 14.8 Å². The van der Waals surface area contributed by atoms with Gasteiger partial charge in [-0.3, -0.25) is 4.79 Å². The van der Waals surface area contributed by atoms with E-state index in [1.807, 2.05) is 13.8 Å². The van der Waals surface area contributed by atoms with E-state index in [1.165, 1.54) is 16.4 Å². The number of rotatable bonds is 5. The number of nitrogens with one attached hydrogen (secondary N) is 1. The number of amides is 1. The van der Waals surface area contributed by atoms with Crippen molar-refractivity contribution < 1.29 is 27.4 Å². The molecule has 2 aliphatic heterocycles. The highest BCUT2D eigenvalue weighted by atomic mass is 35.5. The van der Waals surface area contributed by atoms with E-state index >= 15 is 0 Å². The minimum atomic E-state index is -3.64. The van der Waals surface area contributed by atoms with Gasteiger partial charge in [0.05, 0.1) is 41.8 Å². The van der Waals surface area contributed by atoms with Gasteiger partial charge < -0.3 is 19.5 Å². The van der Waals surface area contributed by atoms with Crippen molar-refractivity contribution in [2.45, 2.75) is 43.8 Å². The molecule has 10 heteroatoms. The molecule has 2 heterocycles. The fraction of sp³-hybridized carbons (Fsp3) is 0.435. The molecule has 0 bridgehead atoms. The first kappa shape index (κ1) is 23.8. The normalized spacial score (nSPS) is 21.3. The van der Waals surface area contributed by atoms with Crippen LogP contribution in [0.1, 0.15) is 25.8 Å². The number of hydrogen-bond donors (Lipinski definition) is 1. The molecule has 1 N–H and O–H groups in total. The highest BCUT2D eigenvalue weighted by Crippen LogP contribution is 2.38. The largest absolute Gasteiger partial charge is 0.489 e. The Labute approximate surface area is 198 Å². The smallest absolute Gasteiger partial charge is 0.243 e. The first-order valence-electron chi connectivity index (χ1n) is 10.9. The van der Waals surface area contributed by atoms with E-state index in [2.05, 4.69) is 5.32 Å². The van der Waals surface area contributed by atoms with Gasteiger partial charge >= 0.3 is 0 Å². The summed E-state index contributed by atoms with van der Waals surface area (Å²) in [4.78, 5) is 12.7. The summed E-state index contributed by atoms with van der Waals surface area (Å²) in [6, 6.07) is 9.61. The van der Waals surface area contributed by atoms with E-state index in [-0.39, 0.29) is 29.4 Å². The van der Waals surface area contributed by atoms with Crippen molar-refractivity contribution in [1.82, 2.24) is 4.31 Å². The van der Waals surface area contributed by atoms with Gasteiger partial charge in [-0.15, -0.1) is 0 Å². The predicted molar refractivity (Wildman–Crippen MR) is 125 cm³/mol. The second kappa shape index (κ2) is 9.89. The second-order valence-electron chi connectivity index (χ2n) is 8.28. The van der Waals surface area contributed by atoms with Crippen LogP contribution in [0.5, 0.6) is 11.5 Å². The molecule has 0 radical (unpaired) electrons. The number of hydrogen-bond acceptors (Lipinski definition) is 6. The zero-order valence-corrected chi connectivity index (χ0v) is 20.1. The van der Waals surface area contributed by atoms with Crippen molar-refractivity contribution in [3.63, 3.8) is 0 Å². The molecule has 4 rings (SSSR count). The van der Waals surface area contributed by atoms with Gasteiger partial charge in [0.1, 0.15) is 0 Å². The third kappa shape index (κ3) is 5.60. The summed E-state index contributed by atoms with van der Waals surface area (Å²) in [7, 11) is -3.64. The van der Waals surface area contributed by atoms with E-state index in [9.17, 15) is 13.2 Å². The summed E-state index contributed by atoms with van der Waals surface area (Å²) in [6.45, 7) is 5.38. The lowest BCUT2D eigenvalue weighted by molar-refractivity contribution is -0.115. The minimum Gasteiger partial charge on any atom is -0.489 e. The zero-order valence-electron chi connectivity index (χ0n) is 18.5. The maximum Gasteiger partial charge on any atom is 0.243 e. The Morgan fingerprint density at radius 2 is 1.76 bits per heavy atom. The van der Waals surface area contributed by atoms with Gasteiger partial charge in [-0.2, -0.15) is 4.31 Å². The number of halogens is 1. The van der Waals surface area contributed by atoms with Crippen LogP contribution in [0, 0.1) is 0 Å². The van der Waals surface area contributed by atoms with Crippen LogP contribution >= 0.6 is 11.6 Å². The molecule has 0 spiro atoms. The molecule has 2 aromatic rings. The number of sulfonamides is 1. The molecule has 2 aromatic carbocycles. The maximum absolute atomic E-state index is 13.0. The van der Waals surface area contributed by atoms with Crippen molar-refractivity contribution >= 4 is 33.2 Å². The summed E-state index contributed by atoms with van der Waals surface area (Å²) in [5.41, 5.74) is 1.19. The molecule has 1 fully saturated rings. The van der Waals surface area contributed by atoms with Crippen LogP contribution in [-0.2, 0) is 26.0 Å². The Kier molecular flexibility index (Phi) is 7.13. The standard InChI is InChI=1S/C23H27ClN2O6S/c1-15-13-26(14-16(2)32-15)33(28,29)19-6-4-18(5-7-19)25-22(27)12-17-10-20(24)23-21(11-17)30-8-3-9-31-23/h4-7,10-11,15-16H,3,8-9,12-14H2,1-2H3,(H,25,27)/t15-,16-/m0/s1. The molecule has 0 saturated carbocycles. The Morgan fingerprint density at radius 3 is 2.45 bits per heavy atom. The number of benzene rings is 2. The molecule has 0 unspecified atom stereocenters. The number of morpholine rings is 1. The molecule has 1 saturated heterocycles. The Morgan fingerprint density at radius 1 is 1.09 bits per heavy atom. The van der Waals surface area contributed by atoms with Crippen LogP contribution in [0.25, 0.3) is 0 Å². The lowest BCUT2D eigenvalue weighted by Gasteiger charge is -2.34. The number of fused-ring (bicyclic) bond motifs is 1. The average Bonchev–Trinajstić information content (AvgIpc) is 2.99. The van der Waals surface area contributed by atoms with Crippen molar-refractivity contribution in [1.29, 1.82) is 0 Å². The second-order valence-corrected chi connectivity index (χ2v) is 10.6. The number of anilines is 1. The van der Waals surface area contributed by atoms with E-state index in [0.29, 0.717) is 54.1 Å². The van der Waals surface area contributed by atoms with Crippen molar-refractivity contribution in [3.8, 4) is 11.5 Å².